The van der Waals surface area contributed by atoms with Crippen LogP contribution >= 0.6 is 0 Å². The Morgan fingerprint density at radius 3 is 2.18 bits per heavy atom. The predicted octanol–water partition coefficient (Wildman–Crippen LogP) is 9.08. The number of amides is 1. The van der Waals surface area contributed by atoms with Gasteiger partial charge in [0.15, 0.2) is 5.78 Å². The number of ketones is 1. The number of rotatable bonds is 8. The van der Waals surface area contributed by atoms with Crippen molar-refractivity contribution < 1.29 is 29.0 Å². The molecule has 0 aromatic heterocycles. The standard InChI is InChI=1S/C43H67NO6/c1-26(2)34-29(45)23-43(36(47)44-25-27-13-11-10-12-14-27)22-21-41(8)28(35(34)43)15-16-31-40(7)19-18-32(50-33(46)24-38(3,4)37(48)49)39(5,6)30(40)17-20-42(31,41)9/h26-28,30-32H,10-25H2,1-9H3,(H,44,47)(H,48,49)/t28?,30?,31?,32-,40-,41+,42+,43+/m0/s1. The van der Waals surface area contributed by atoms with E-state index in [-0.39, 0.29) is 57.7 Å². The number of hydrogen-bond donors (Lipinski definition) is 2. The lowest BCUT2D eigenvalue weighted by Crippen LogP contribution is -2.66. The van der Waals surface area contributed by atoms with Gasteiger partial charge in [0, 0.05) is 18.4 Å². The number of fused-ring (bicyclic) bond motifs is 7. The van der Waals surface area contributed by atoms with Gasteiger partial charge in [0.05, 0.1) is 17.3 Å². The van der Waals surface area contributed by atoms with Crippen LogP contribution in [0, 0.1) is 62.1 Å². The van der Waals surface area contributed by atoms with E-state index in [9.17, 15) is 24.3 Å². The van der Waals surface area contributed by atoms with Gasteiger partial charge in [0.1, 0.15) is 6.10 Å². The molecule has 0 aromatic carbocycles. The summed E-state index contributed by atoms with van der Waals surface area (Å²) in [6.45, 7) is 20.3. The van der Waals surface area contributed by atoms with Crippen LogP contribution in [0.2, 0.25) is 0 Å². The van der Waals surface area contributed by atoms with Crippen LogP contribution in [0.1, 0.15) is 159 Å². The van der Waals surface area contributed by atoms with Crippen molar-refractivity contribution in [3.05, 3.63) is 11.1 Å². The smallest absolute Gasteiger partial charge is 0.309 e. The molecule has 6 rings (SSSR count). The van der Waals surface area contributed by atoms with Gasteiger partial charge in [-0.3, -0.25) is 19.2 Å². The minimum atomic E-state index is -1.16. The van der Waals surface area contributed by atoms with Crippen LogP contribution in [0.3, 0.4) is 0 Å². The van der Waals surface area contributed by atoms with E-state index in [0.717, 1.165) is 63.5 Å². The Hall–Kier alpha value is -2.18. The molecule has 0 aromatic rings. The van der Waals surface area contributed by atoms with E-state index >= 15 is 0 Å². The summed E-state index contributed by atoms with van der Waals surface area (Å²) in [5, 5.41) is 13.0. The zero-order valence-electron chi connectivity index (χ0n) is 32.8. The molecule has 7 heteroatoms. The van der Waals surface area contributed by atoms with E-state index in [4.69, 9.17) is 4.74 Å². The highest BCUT2D eigenvalue weighted by Gasteiger charge is 2.71. The van der Waals surface area contributed by atoms with Crippen LogP contribution in [-0.4, -0.2) is 41.4 Å². The molecule has 0 saturated heterocycles. The summed E-state index contributed by atoms with van der Waals surface area (Å²) >= 11 is 0. The fourth-order valence-electron chi connectivity index (χ4n) is 13.5. The van der Waals surface area contributed by atoms with E-state index in [2.05, 4.69) is 53.8 Å². The molecule has 50 heavy (non-hydrogen) atoms. The van der Waals surface area contributed by atoms with Crippen molar-refractivity contribution in [1.82, 2.24) is 5.32 Å². The third-order valence-corrected chi connectivity index (χ3v) is 16.5. The van der Waals surface area contributed by atoms with E-state index in [0.29, 0.717) is 24.2 Å². The highest BCUT2D eigenvalue weighted by atomic mass is 16.5. The number of carboxylic acid groups (broad SMARTS) is 1. The maximum atomic E-state index is 14.5. The Bertz CT molecular complexity index is 1440. The summed E-state index contributed by atoms with van der Waals surface area (Å²) in [6, 6.07) is 0. The summed E-state index contributed by atoms with van der Waals surface area (Å²) < 4.78 is 6.16. The molecule has 6 aliphatic rings. The molecule has 6 aliphatic carbocycles. The molecular formula is C43H67NO6. The second-order valence-corrected chi connectivity index (χ2v) is 20.2. The van der Waals surface area contributed by atoms with Crippen LogP contribution in [-0.2, 0) is 23.9 Å². The van der Waals surface area contributed by atoms with Crippen LogP contribution < -0.4 is 5.32 Å². The molecule has 5 fully saturated rings. The van der Waals surface area contributed by atoms with E-state index in [1.807, 2.05) is 0 Å². The number of carbonyl (C=O) groups excluding carboxylic acids is 3. The largest absolute Gasteiger partial charge is 0.481 e. The first-order valence-corrected chi connectivity index (χ1v) is 20.2. The molecule has 5 saturated carbocycles. The molecule has 0 aliphatic heterocycles. The highest BCUT2D eigenvalue weighted by Crippen LogP contribution is 2.76. The van der Waals surface area contributed by atoms with Gasteiger partial charge in [0.25, 0.3) is 0 Å². The number of carboxylic acids is 1. The van der Waals surface area contributed by atoms with Crippen LogP contribution in [0.5, 0.6) is 0 Å². The van der Waals surface area contributed by atoms with Crippen LogP contribution in [0.4, 0.5) is 0 Å². The van der Waals surface area contributed by atoms with Crippen LogP contribution in [0.25, 0.3) is 0 Å². The molecule has 3 unspecified atom stereocenters. The summed E-state index contributed by atoms with van der Waals surface area (Å²) in [6.07, 6.45) is 13.9. The summed E-state index contributed by atoms with van der Waals surface area (Å²) in [5.74, 6) is 0.669. The minimum absolute atomic E-state index is 0.0208. The lowest BCUT2D eigenvalue weighted by atomic mass is 9.33. The molecule has 280 valence electrons. The van der Waals surface area contributed by atoms with Gasteiger partial charge in [-0.1, -0.05) is 67.7 Å². The molecule has 8 atom stereocenters. The van der Waals surface area contributed by atoms with Crippen molar-refractivity contribution in [2.24, 2.45) is 62.1 Å². The Morgan fingerprint density at radius 1 is 0.860 bits per heavy atom. The fourth-order valence-corrected chi connectivity index (χ4v) is 13.5. The van der Waals surface area contributed by atoms with E-state index < -0.39 is 22.8 Å². The Kier molecular flexibility index (Phi) is 9.58. The van der Waals surface area contributed by atoms with Gasteiger partial charge >= 0.3 is 11.9 Å². The third kappa shape index (κ3) is 5.63. The van der Waals surface area contributed by atoms with Gasteiger partial charge in [-0.05, 0) is 135 Å². The monoisotopic (exact) mass is 693 g/mol. The number of ether oxygens (including phenoxy) is 1. The van der Waals surface area contributed by atoms with E-state index in [1.54, 1.807) is 13.8 Å². The molecular weight excluding hydrogens is 626 g/mol. The molecule has 0 heterocycles. The first kappa shape index (κ1) is 37.6. The number of aliphatic carboxylic acids is 1. The highest BCUT2D eigenvalue weighted by molar-refractivity contribution is 6.07. The summed E-state index contributed by atoms with van der Waals surface area (Å²) in [7, 11) is 0. The van der Waals surface area contributed by atoms with Gasteiger partial charge < -0.3 is 15.2 Å². The van der Waals surface area contributed by atoms with Gasteiger partial charge in [-0.25, -0.2) is 0 Å². The molecule has 1 amide bonds. The normalized spacial score (nSPS) is 40.0. The van der Waals surface area contributed by atoms with E-state index in [1.165, 1.54) is 37.7 Å². The van der Waals surface area contributed by atoms with Crippen molar-refractivity contribution >= 4 is 23.6 Å². The fraction of sp³-hybridized carbons (Fsp3) is 0.860. The number of Topliss-reactive ketones (excluding diaryl/α,β-unsaturated/α-hetero) is 1. The van der Waals surface area contributed by atoms with Gasteiger partial charge in [-0.2, -0.15) is 0 Å². The topological polar surface area (TPSA) is 110 Å². The third-order valence-electron chi connectivity index (χ3n) is 16.5. The first-order chi connectivity index (χ1) is 23.2. The number of nitrogens with one attached hydrogen (secondary N) is 1. The lowest BCUT2D eigenvalue weighted by Gasteiger charge is -2.72. The molecule has 0 bridgehead atoms. The van der Waals surface area contributed by atoms with Gasteiger partial charge in [-0.15, -0.1) is 0 Å². The lowest BCUT2D eigenvalue weighted by molar-refractivity contribution is -0.233. The number of allylic oxidation sites excluding steroid dienone is 1. The minimum Gasteiger partial charge on any atom is -0.481 e. The zero-order chi connectivity index (χ0) is 36.7. The average Bonchev–Trinajstić information content (AvgIpc) is 3.35. The zero-order valence-corrected chi connectivity index (χ0v) is 32.8. The number of hydrogen-bond acceptors (Lipinski definition) is 5. The maximum Gasteiger partial charge on any atom is 0.309 e. The quantitative estimate of drug-likeness (QED) is 0.246. The van der Waals surface area contributed by atoms with Gasteiger partial charge in [0.2, 0.25) is 5.91 Å². The molecule has 2 N–H and O–H groups in total. The average molecular weight is 694 g/mol. The van der Waals surface area contributed by atoms with Crippen molar-refractivity contribution in [2.45, 2.75) is 165 Å². The van der Waals surface area contributed by atoms with Crippen molar-refractivity contribution in [3.63, 3.8) is 0 Å². The predicted molar refractivity (Wildman–Crippen MR) is 195 cm³/mol. The molecule has 7 nitrogen and oxygen atoms in total. The second kappa shape index (κ2) is 12.7. The molecule has 0 spiro atoms. The van der Waals surface area contributed by atoms with Crippen molar-refractivity contribution in [1.29, 1.82) is 0 Å². The van der Waals surface area contributed by atoms with Crippen LogP contribution in [0.15, 0.2) is 11.1 Å². The Balaban J connectivity index is 1.27. The first-order valence-electron chi connectivity index (χ1n) is 20.2. The summed E-state index contributed by atoms with van der Waals surface area (Å²) in [4.78, 5) is 53.2. The molecule has 0 radical (unpaired) electrons. The van der Waals surface area contributed by atoms with Crippen molar-refractivity contribution in [3.8, 4) is 0 Å². The number of esters is 1. The second-order valence-electron chi connectivity index (χ2n) is 20.2. The Labute approximate surface area is 301 Å². The SMILES string of the molecule is CC(C)C1=C2C3CCC4[C@@]5(C)CC[C@H](OC(=O)CC(C)(C)C(=O)O)C(C)(C)C5CC[C@@]4(C)[C@]3(C)CC[C@@]2(C(=O)NCC2CCCCC2)CC1=O. The Morgan fingerprint density at radius 2 is 1.54 bits per heavy atom. The number of carbonyl (C=O) groups is 4. The van der Waals surface area contributed by atoms with Crippen molar-refractivity contribution in [2.75, 3.05) is 6.54 Å². The maximum absolute atomic E-state index is 14.5. The summed E-state index contributed by atoms with van der Waals surface area (Å²) in [5.41, 5.74) is 0.195.